The van der Waals surface area contributed by atoms with Gasteiger partial charge in [-0.1, -0.05) is 72.8 Å². The van der Waals surface area contributed by atoms with Gasteiger partial charge in [-0.15, -0.1) is 0 Å². The maximum atomic E-state index is 13.0. The molecule has 3 nitrogen and oxygen atoms in total. The maximum Gasteiger partial charge on any atom is 0.387 e. The van der Waals surface area contributed by atoms with E-state index in [1.807, 2.05) is 67.6 Å². The van der Waals surface area contributed by atoms with Crippen LogP contribution in [0.2, 0.25) is 0 Å². The molecule has 1 N–H and O–H groups in total. The van der Waals surface area contributed by atoms with E-state index >= 15 is 0 Å². The zero-order chi connectivity index (χ0) is 20.6. The molecule has 0 aliphatic heterocycles. The molecule has 0 unspecified atom stereocenters. The molecule has 3 aromatic rings. The molecule has 3 aromatic carbocycles. The SMILES string of the molecule is C[C@@H](NC(=O)/C(=C/c1ccc(OC(F)F)cc1)c1ccccc1)c1ccccc1. The van der Waals surface area contributed by atoms with E-state index in [1.165, 1.54) is 12.1 Å². The van der Waals surface area contributed by atoms with Crippen LogP contribution in [-0.4, -0.2) is 12.5 Å². The van der Waals surface area contributed by atoms with Crippen molar-refractivity contribution in [2.45, 2.75) is 19.6 Å². The fourth-order valence-corrected chi connectivity index (χ4v) is 2.91. The summed E-state index contributed by atoms with van der Waals surface area (Å²) >= 11 is 0. The molecule has 29 heavy (non-hydrogen) atoms. The van der Waals surface area contributed by atoms with Crippen molar-refractivity contribution in [1.29, 1.82) is 0 Å². The van der Waals surface area contributed by atoms with Gasteiger partial charge in [0.1, 0.15) is 5.75 Å². The van der Waals surface area contributed by atoms with Crippen LogP contribution >= 0.6 is 0 Å². The third-order valence-electron chi connectivity index (χ3n) is 4.39. The molecule has 0 aromatic heterocycles. The fraction of sp³-hybridized carbons (Fsp3) is 0.125. The minimum Gasteiger partial charge on any atom is -0.435 e. The minimum atomic E-state index is -2.87. The first-order valence-corrected chi connectivity index (χ1v) is 9.21. The average molecular weight is 393 g/mol. The first-order chi connectivity index (χ1) is 14.0. The smallest absolute Gasteiger partial charge is 0.387 e. The number of hydrogen-bond donors (Lipinski definition) is 1. The van der Waals surface area contributed by atoms with Crippen molar-refractivity contribution in [3.63, 3.8) is 0 Å². The van der Waals surface area contributed by atoms with Crippen LogP contribution in [0, 0.1) is 0 Å². The highest BCUT2D eigenvalue weighted by molar-refractivity contribution is 6.24. The van der Waals surface area contributed by atoms with Gasteiger partial charge in [-0.05, 0) is 41.8 Å². The number of amides is 1. The lowest BCUT2D eigenvalue weighted by atomic mass is 10.0. The molecule has 0 bridgehead atoms. The van der Waals surface area contributed by atoms with Crippen molar-refractivity contribution in [3.05, 3.63) is 102 Å². The Hall–Kier alpha value is -3.47. The fourth-order valence-electron chi connectivity index (χ4n) is 2.91. The Morgan fingerprint density at radius 1 is 0.897 bits per heavy atom. The van der Waals surface area contributed by atoms with Gasteiger partial charge in [-0.3, -0.25) is 4.79 Å². The van der Waals surface area contributed by atoms with Crippen molar-refractivity contribution in [3.8, 4) is 5.75 Å². The summed E-state index contributed by atoms with van der Waals surface area (Å²) in [7, 11) is 0. The lowest BCUT2D eigenvalue weighted by Gasteiger charge is -2.16. The van der Waals surface area contributed by atoms with Gasteiger partial charge < -0.3 is 10.1 Å². The monoisotopic (exact) mass is 393 g/mol. The highest BCUT2D eigenvalue weighted by atomic mass is 19.3. The van der Waals surface area contributed by atoms with Gasteiger partial charge in [0.2, 0.25) is 0 Å². The number of carbonyl (C=O) groups is 1. The van der Waals surface area contributed by atoms with Gasteiger partial charge in [-0.2, -0.15) is 8.78 Å². The molecule has 0 fully saturated rings. The van der Waals surface area contributed by atoms with Crippen LogP contribution in [0.15, 0.2) is 84.9 Å². The molecule has 1 atom stereocenters. The highest BCUT2D eigenvalue weighted by Gasteiger charge is 2.15. The van der Waals surface area contributed by atoms with Gasteiger partial charge >= 0.3 is 6.61 Å². The number of alkyl halides is 2. The van der Waals surface area contributed by atoms with Crippen molar-refractivity contribution >= 4 is 17.6 Å². The Balaban J connectivity index is 1.87. The second-order valence-electron chi connectivity index (χ2n) is 6.48. The number of hydrogen-bond acceptors (Lipinski definition) is 2. The van der Waals surface area contributed by atoms with Gasteiger partial charge in [0.05, 0.1) is 6.04 Å². The highest BCUT2D eigenvalue weighted by Crippen LogP contribution is 2.22. The van der Waals surface area contributed by atoms with Gasteiger partial charge in [0.15, 0.2) is 0 Å². The lowest BCUT2D eigenvalue weighted by molar-refractivity contribution is -0.116. The summed E-state index contributed by atoms with van der Waals surface area (Å²) in [6.07, 6.45) is 1.73. The summed E-state index contributed by atoms with van der Waals surface area (Å²) < 4.78 is 29.0. The number of benzene rings is 3. The van der Waals surface area contributed by atoms with Crippen LogP contribution in [0.1, 0.15) is 29.7 Å². The van der Waals surface area contributed by atoms with Crippen LogP contribution < -0.4 is 10.1 Å². The van der Waals surface area contributed by atoms with E-state index < -0.39 is 6.61 Å². The molecular weight excluding hydrogens is 372 g/mol. The van der Waals surface area contributed by atoms with Crippen LogP contribution in [0.3, 0.4) is 0 Å². The summed E-state index contributed by atoms with van der Waals surface area (Å²) in [5.41, 5.74) is 2.95. The number of ether oxygens (including phenoxy) is 1. The topological polar surface area (TPSA) is 38.3 Å². The van der Waals surface area contributed by atoms with E-state index in [0.29, 0.717) is 11.1 Å². The largest absolute Gasteiger partial charge is 0.435 e. The summed E-state index contributed by atoms with van der Waals surface area (Å²) in [6, 6.07) is 25.0. The van der Waals surface area contributed by atoms with Crippen molar-refractivity contribution in [1.82, 2.24) is 5.32 Å². The predicted molar refractivity (Wildman–Crippen MR) is 110 cm³/mol. The summed E-state index contributed by atoms with van der Waals surface area (Å²) in [6.45, 7) is -0.951. The van der Waals surface area contributed by atoms with Crippen LogP contribution in [-0.2, 0) is 4.79 Å². The third-order valence-corrected chi connectivity index (χ3v) is 4.39. The summed E-state index contributed by atoms with van der Waals surface area (Å²) in [5, 5.41) is 3.02. The Morgan fingerprint density at radius 2 is 1.48 bits per heavy atom. The molecule has 0 spiro atoms. The van der Waals surface area contributed by atoms with Crippen molar-refractivity contribution in [2.75, 3.05) is 0 Å². The van der Waals surface area contributed by atoms with E-state index in [0.717, 1.165) is 11.1 Å². The Labute approximate surface area is 168 Å². The van der Waals surface area contributed by atoms with E-state index in [9.17, 15) is 13.6 Å². The molecule has 0 saturated heterocycles. The Kier molecular flexibility index (Phi) is 6.74. The van der Waals surface area contributed by atoms with Gasteiger partial charge in [0, 0.05) is 5.57 Å². The van der Waals surface area contributed by atoms with Crippen molar-refractivity contribution in [2.24, 2.45) is 0 Å². The molecule has 148 valence electrons. The third kappa shape index (κ3) is 5.75. The van der Waals surface area contributed by atoms with E-state index in [-0.39, 0.29) is 17.7 Å². The lowest BCUT2D eigenvalue weighted by Crippen LogP contribution is -2.27. The second-order valence-corrected chi connectivity index (χ2v) is 6.48. The van der Waals surface area contributed by atoms with Crippen LogP contribution in [0.4, 0.5) is 8.78 Å². The number of halogens is 2. The van der Waals surface area contributed by atoms with Crippen molar-refractivity contribution < 1.29 is 18.3 Å². The Morgan fingerprint density at radius 3 is 2.07 bits per heavy atom. The minimum absolute atomic E-state index is 0.0700. The molecule has 0 aliphatic carbocycles. The average Bonchev–Trinajstić information content (AvgIpc) is 2.74. The second kappa shape index (κ2) is 9.64. The molecule has 3 rings (SSSR count). The number of nitrogens with one attached hydrogen (secondary N) is 1. The Bertz CT molecular complexity index is 955. The molecule has 0 heterocycles. The van der Waals surface area contributed by atoms with Crippen LogP contribution in [0.25, 0.3) is 11.6 Å². The maximum absolute atomic E-state index is 13.0. The van der Waals surface area contributed by atoms with Crippen LogP contribution in [0.5, 0.6) is 5.75 Å². The van der Waals surface area contributed by atoms with E-state index in [2.05, 4.69) is 10.1 Å². The van der Waals surface area contributed by atoms with Gasteiger partial charge in [-0.25, -0.2) is 0 Å². The van der Waals surface area contributed by atoms with Gasteiger partial charge in [0.25, 0.3) is 5.91 Å². The molecule has 0 radical (unpaired) electrons. The zero-order valence-corrected chi connectivity index (χ0v) is 15.9. The molecular formula is C24H21F2NO2. The summed E-state index contributed by atoms with van der Waals surface area (Å²) in [5.74, 6) is -0.152. The molecule has 0 saturated carbocycles. The first kappa shape index (κ1) is 20.3. The first-order valence-electron chi connectivity index (χ1n) is 9.21. The standard InChI is InChI=1S/C24H21F2NO2/c1-17(19-8-4-2-5-9-19)27-23(28)22(20-10-6-3-7-11-20)16-18-12-14-21(15-13-18)29-24(25)26/h2-17,24H,1H3,(H,27,28)/b22-16+/t17-/m1/s1. The van der Waals surface area contributed by atoms with E-state index in [1.54, 1.807) is 18.2 Å². The quantitative estimate of drug-likeness (QED) is 0.413. The molecule has 0 aliphatic rings. The molecule has 1 amide bonds. The predicted octanol–water partition coefficient (Wildman–Crippen LogP) is 5.71. The van der Waals surface area contributed by atoms with E-state index in [4.69, 9.17) is 0 Å². The number of carbonyl (C=O) groups excluding carboxylic acids is 1. The molecule has 5 heteroatoms. The number of rotatable bonds is 7. The zero-order valence-electron chi connectivity index (χ0n) is 15.9. The summed E-state index contributed by atoms with van der Waals surface area (Å²) in [4.78, 5) is 13.0. The normalized spacial score (nSPS) is 12.5.